The number of nitrogens with zero attached hydrogens (tertiary/aromatic N) is 4. The van der Waals surface area contributed by atoms with Crippen LogP contribution >= 0.6 is 0 Å². The van der Waals surface area contributed by atoms with E-state index in [1.54, 1.807) is 26.0 Å². The molecule has 4 aromatic carbocycles. The zero-order chi connectivity index (χ0) is 48.9. The first-order valence-electron chi connectivity index (χ1n) is 24.0. The quantitative estimate of drug-likeness (QED) is 0.0550. The molecule has 2 atom stereocenters. The molecule has 0 bridgehead atoms. The average Bonchev–Trinajstić information content (AvgIpc) is 4.03. The molecule has 2 saturated heterocycles. The van der Waals surface area contributed by atoms with Crippen LogP contribution in [-0.4, -0.2) is 67.0 Å². The Morgan fingerprint density at radius 3 is 1.39 bits per heavy atom. The van der Waals surface area contributed by atoms with Crippen molar-refractivity contribution in [2.45, 2.75) is 91.4 Å². The Kier molecular flexibility index (Phi) is 17.3. The van der Waals surface area contributed by atoms with E-state index in [2.05, 4.69) is 105 Å². The number of piperidine rings is 2. The second kappa shape index (κ2) is 23.9. The topological polar surface area (TPSA) is 186 Å². The van der Waals surface area contributed by atoms with Crippen LogP contribution in [0.15, 0.2) is 118 Å². The largest absolute Gasteiger partial charge is 0.469 e. The lowest BCUT2D eigenvalue weighted by molar-refractivity contribution is -0.146. The molecular formula is C55H65N7O7. The van der Waals surface area contributed by atoms with Crippen molar-refractivity contribution in [3.8, 4) is 0 Å². The number of ketones is 2. The highest BCUT2D eigenvalue weighted by Gasteiger charge is 2.28. The lowest BCUT2D eigenvalue weighted by Crippen LogP contribution is -2.39. The Bertz CT molecular complexity index is 2650. The molecule has 2 aromatic heterocycles. The molecule has 2 aliphatic rings. The summed E-state index contributed by atoms with van der Waals surface area (Å²) in [7, 11) is 1.44. The van der Waals surface area contributed by atoms with Crippen LogP contribution in [0.2, 0.25) is 0 Å². The van der Waals surface area contributed by atoms with Crippen molar-refractivity contribution in [3.63, 3.8) is 0 Å². The molecule has 0 aliphatic carbocycles. The number of carbonyl (C=O) groups is 4. The molecule has 0 spiro atoms. The second-order valence-corrected chi connectivity index (χ2v) is 18.2. The Labute approximate surface area is 404 Å². The summed E-state index contributed by atoms with van der Waals surface area (Å²) in [6.45, 7) is 12.2. The Balaban J connectivity index is 0.000000204. The first-order chi connectivity index (χ1) is 33.3. The molecule has 4 N–H and O–H groups in total. The van der Waals surface area contributed by atoms with Gasteiger partial charge in [-0.3, -0.25) is 19.2 Å². The van der Waals surface area contributed by atoms with Crippen LogP contribution in [0.1, 0.15) is 117 Å². The van der Waals surface area contributed by atoms with Crippen LogP contribution in [-0.2, 0) is 40.3 Å². The zero-order valence-electron chi connectivity index (χ0n) is 40.4. The maximum Gasteiger partial charge on any atom is 0.308 e. The highest BCUT2D eigenvalue weighted by Crippen LogP contribution is 2.31. The number of benzene rings is 4. The fourth-order valence-electron chi connectivity index (χ4n) is 9.11. The number of esters is 1. The number of carbonyl (C=O) groups excluding carboxylic acids is 4. The third kappa shape index (κ3) is 13.6. The van der Waals surface area contributed by atoms with Gasteiger partial charge in [-0.1, -0.05) is 95.2 Å². The number of methoxy groups -OCH3 is 1. The SMILES string of the molecule is COC(=O)C1CCN(c2ccc(CNC(C)c3ccccc3)cc2CC(=O)c2cc(C)on2)CC1.Cc1cc(C(=O)Cc2cc(CNC(C)c3ccccc3)ccc2N2CCC(C(N)=O)CC2)no1. The number of primary amides is 1. The van der Waals surface area contributed by atoms with Crippen molar-refractivity contribution in [1.29, 1.82) is 0 Å². The molecule has 14 heteroatoms. The van der Waals surface area contributed by atoms with Crippen LogP contribution in [0.3, 0.4) is 0 Å². The lowest BCUT2D eigenvalue weighted by Gasteiger charge is -2.34. The maximum absolute atomic E-state index is 13.0. The molecule has 2 fully saturated rings. The van der Waals surface area contributed by atoms with E-state index < -0.39 is 0 Å². The van der Waals surface area contributed by atoms with Crippen molar-refractivity contribution in [2.24, 2.45) is 17.6 Å². The molecule has 1 amide bonds. The van der Waals surface area contributed by atoms with Crippen molar-refractivity contribution >= 4 is 34.8 Å². The van der Waals surface area contributed by atoms with Crippen molar-refractivity contribution in [2.75, 3.05) is 43.1 Å². The minimum absolute atomic E-state index is 0.0672. The van der Waals surface area contributed by atoms with E-state index in [1.807, 2.05) is 36.4 Å². The number of hydrogen-bond donors (Lipinski definition) is 3. The second-order valence-electron chi connectivity index (χ2n) is 18.2. The highest BCUT2D eigenvalue weighted by molar-refractivity contribution is 5.97. The van der Waals surface area contributed by atoms with Gasteiger partial charge in [-0.05, 0) is 98.9 Å². The minimum atomic E-state index is -0.231. The van der Waals surface area contributed by atoms with Gasteiger partial charge in [0, 0.05) is 93.6 Å². The molecule has 0 radical (unpaired) electrons. The van der Waals surface area contributed by atoms with Gasteiger partial charge in [0.15, 0.2) is 11.6 Å². The molecule has 0 saturated carbocycles. The summed E-state index contributed by atoms with van der Waals surface area (Å²) in [5, 5.41) is 15.0. The predicted octanol–water partition coefficient (Wildman–Crippen LogP) is 8.61. The van der Waals surface area contributed by atoms with E-state index in [0.717, 1.165) is 85.5 Å². The molecule has 69 heavy (non-hydrogen) atoms. The number of ether oxygens (including phenoxy) is 1. The summed E-state index contributed by atoms with van der Waals surface area (Å²) < 4.78 is 15.1. The minimum Gasteiger partial charge on any atom is -0.469 e. The summed E-state index contributed by atoms with van der Waals surface area (Å²) in [5.74, 6) is 0.560. The van der Waals surface area contributed by atoms with E-state index in [1.165, 1.54) is 18.2 Å². The molecule has 14 nitrogen and oxygen atoms in total. The third-order valence-corrected chi connectivity index (χ3v) is 13.2. The monoisotopic (exact) mass is 935 g/mol. The van der Waals surface area contributed by atoms with Crippen molar-refractivity contribution < 1.29 is 33.0 Å². The fraction of sp³-hybridized carbons (Fsp3) is 0.382. The molecule has 6 aromatic rings. The van der Waals surface area contributed by atoms with Gasteiger partial charge in [-0.2, -0.15) is 0 Å². The Morgan fingerprint density at radius 1 is 0.623 bits per heavy atom. The Hall–Kier alpha value is -6.90. The van der Waals surface area contributed by atoms with Gasteiger partial charge in [-0.25, -0.2) is 0 Å². The summed E-state index contributed by atoms with van der Waals surface area (Å²) in [6.07, 6.45) is 3.40. The number of rotatable bonds is 18. The number of aromatic nitrogens is 2. The lowest BCUT2D eigenvalue weighted by atomic mass is 9.94. The van der Waals surface area contributed by atoms with Crippen LogP contribution in [0, 0.1) is 25.7 Å². The van der Waals surface area contributed by atoms with Gasteiger partial charge in [0.2, 0.25) is 5.91 Å². The van der Waals surface area contributed by atoms with Gasteiger partial charge in [0.25, 0.3) is 0 Å². The van der Waals surface area contributed by atoms with Crippen molar-refractivity contribution in [3.05, 3.63) is 165 Å². The maximum atomic E-state index is 13.0. The predicted molar refractivity (Wildman–Crippen MR) is 266 cm³/mol. The summed E-state index contributed by atoms with van der Waals surface area (Å²) >= 11 is 0. The van der Waals surface area contributed by atoms with Crippen LogP contribution in [0.25, 0.3) is 0 Å². The van der Waals surface area contributed by atoms with Gasteiger partial charge in [0.05, 0.1) is 13.0 Å². The molecular weight excluding hydrogens is 871 g/mol. The smallest absolute Gasteiger partial charge is 0.308 e. The summed E-state index contributed by atoms with van der Waals surface area (Å²) in [6, 6.07) is 37.0. The van der Waals surface area contributed by atoms with Crippen LogP contribution in [0.4, 0.5) is 11.4 Å². The number of aryl methyl sites for hydroxylation is 2. The normalized spacial score (nSPS) is 15.2. The number of hydrogen-bond acceptors (Lipinski definition) is 13. The van der Waals surface area contributed by atoms with Crippen LogP contribution < -0.4 is 26.2 Å². The van der Waals surface area contributed by atoms with Gasteiger partial charge in [0.1, 0.15) is 22.9 Å². The van der Waals surface area contributed by atoms with E-state index >= 15 is 0 Å². The first kappa shape index (κ1) is 50.0. The first-order valence-corrected chi connectivity index (χ1v) is 24.0. The van der Waals surface area contributed by atoms with Crippen LogP contribution in [0.5, 0.6) is 0 Å². The number of nitrogens with two attached hydrogens (primary N) is 1. The van der Waals surface area contributed by atoms with E-state index in [-0.39, 0.29) is 60.2 Å². The van der Waals surface area contributed by atoms with Crippen molar-refractivity contribution in [1.82, 2.24) is 20.9 Å². The van der Waals surface area contributed by atoms with E-state index in [0.29, 0.717) is 36.0 Å². The molecule has 8 rings (SSSR count). The average molecular weight is 936 g/mol. The highest BCUT2D eigenvalue weighted by atomic mass is 16.5. The molecule has 362 valence electrons. The van der Waals surface area contributed by atoms with E-state index in [4.69, 9.17) is 19.5 Å². The summed E-state index contributed by atoms with van der Waals surface area (Å²) in [5.41, 5.74) is 14.8. The number of nitrogens with one attached hydrogen (secondary N) is 2. The summed E-state index contributed by atoms with van der Waals surface area (Å²) in [4.78, 5) is 54.0. The molecule has 2 aliphatic heterocycles. The fourth-order valence-corrected chi connectivity index (χ4v) is 9.11. The zero-order valence-corrected chi connectivity index (χ0v) is 40.4. The van der Waals surface area contributed by atoms with Gasteiger partial charge in [-0.15, -0.1) is 0 Å². The number of Topliss-reactive ketones (excluding diaryl/α,β-unsaturated/α-hetero) is 2. The standard InChI is InChI=1S/C28H33N3O4.C27H32N4O3/c1-19-15-25(30-35-19)27(32)17-24-16-21(18-29-20(2)22-7-5-4-6-8-22)9-10-26(24)31-13-11-23(12-14-31)28(33)34-3;1-18-14-24(30-34-18)26(32)16-23-15-20(17-29-19(2)21-6-4-3-5-7-21)8-9-25(23)31-12-10-22(11-13-31)27(28)33/h4-10,15-16,20,23,29H,11-14,17-18H2,1-3H3;3-9,14-15,19,22,29H,10-13,16-17H2,1-2H3,(H2,28,33). The Morgan fingerprint density at radius 2 is 1.03 bits per heavy atom. The number of anilines is 2. The van der Waals surface area contributed by atoms with E-state index in [9.17, 15) is 19.2 Å². The van der Waals surface area contributed by atoms with Gasteiger partial charge >= 0.3 is 5.97 Å². The third-order valence-electron chi connectivity index (χ3n) is 13.2. The molecule has 4 heterocycles. The number of amides is 1. The molecule has 2 unspecified atom stereocenters. The van der Waals surface area contributed by atoms with Gasteiger partial charge < -0.3 is 40.0 Å².